The number of carbonyl (C=O) groups is 1. The first-order valence-corrected chi connectivity index (χ1v) is 8.76. The number of unbranched alkanes of at least 4 members (excludes halogenated alkanes) is 7. The molecule has 0 atom stereocenters. The van der Waals surface area contributed by atoms with Crippen LogP contribution in [-0.2, 0) is 4.79 Å². The van der Waals surface area contributed by atoms with E-state index in [1.807, 2.05) is 6.92 Å². The number of nitrogens with one attached hydrogen (secondary N) is 1. The van der Waals surface area contributed by atoms with Crippen LogP contribution in [0.15, 0.2) is 29.4 Å². The average molecular weight is 318 g/mol. The number of hydrogen-bond acceptors (Lipinski definition) is 3. The Morgan fingerprint density at radius 2 is 1.57 bits per heavy atom. The summed E-state index contributed by atoms with van der Waals surface area (Å²) in [7, 11) is 0. The van der Waals surface area contributed by atoms with E-state index in [2.05, 4.69) is 17.5 Å². The van der Waals surface area contributed by atoms with Crippen LogP contribution in [0.2, 0.25) is 0 Å². The molecule has 1 aromatic carbocycles. The van der Waals surface area contributed by atoms with Crippen LogP contribution in [-0.4, -0.2) is 16.7 Å². The minimum absolute atomic E-state index is 0.0332. The van der Waals surface area contributed by atoms with Crippen LogP contribution in [0.25, 0.3) is 0 Å². The van der Waals surface area contributed by atoms with Crippen LogP contribution >= 0.6 is 0 Å². The predicted molar refractivity (Wildman–Crippen MR) is 95.7 cm³/mol. The summed E-state index contributed by atoms with van der Waals surface area (Å²) < 4.78 is 0. The Morgan fingerprint density at radius 3 is 2.17 bits per heavy atom. The SMILES string of the molecule is CCCCCCCCCCC(=O)NN=C(C)c1ccc(O)cc1. The Bertz CT molecular complexity index is 481. The number of amides is 1. The Hall–Kier alpha value is -1.84. The van der Waals surface area contributed by atoms with Gasteiger partial charge in [-0.15, -0.1) is 0 Å². The molecule has 0 saturated heterocycles. The molecule has 0 spiro atoms. The quantitative estimate of drug-likeness (QED) is 0.351. The van der Waals surface area contributed by atoms with Crippen LogP contribution in [0.5, 0.6) is 5.75 Å². The van der Waals surface area contributed by atoms with Crippen LogP contribution in [0.1, 0.15) is 77.2 Å². The number of carbonyl (C=O) groups excluding carboxylic acids is 1. The van der Waals surface area contributed by atoms with Crippen molar-refractivity contribution >= 4 is 11.6 Å². The summed E-state index contributed by atoms with van der Waals surface area (Å²) in [5, 5.41) is 13.4. The van der Waals surface area contributed by atoms with Crippen LogP contribution in [0, 0.1) is 0 Å². The molecule has 0 radical (unpaired) electrons. The Kier molecular flexibility index (Phi) is 9.76. The first-order chi connectivity index (χ1) is 11.1. The number of hydrogen-bond donors (Lipinski definition) is 2. The topological polar surface area (TPSA) is 61.7 Å². The van der Waals surface area contributed by atoms with Crippen molar-refractivity contribution in [3.8, 4) is 5.75 Å². The average Bonchev–Trinajstić information content (AvgIpc) is 2.55. The molecule has 0 bridgehead atoms. The van der Waals surface area contributed by atoms with Gasteiger partial charge in [0.2, 0.25) is 5.91 Å². The van der Waals surface area contributed by atoms with E-state index in [0.717, 1.165) is 24.1 Å². The van der Waals surface area contributed by atoms with E-state index >= 15 is 0 Å². The summed E-state index contributed by atoms with van der Waals surface area (Å²) >= 11 is 0. The highest BCUT2D eigenvalue weighted by Crippen LogP contribution is 2.11. The van der Waals surface area contributed by atoms with Crippen LogP contribution in [0.4, 0.5) is 0 Å². The zero-order valence-electron chi connectivity index (χ0n) is 14.5. The van der Waals surface area contributed by atoms with Crippen molar-refractivity contribution in [3.05, 3.63) is 29.8 Å². The summed E-state index contributed by atoms with van der Waals surface area (Å²) in [5.41, 5.74) is 4.22. The number of aromatic hydroxyl groups is 1. The van der Waals surface area contributed by atoms with Gasteiger partial charge in [0.05, 0.1) is 5.71 Å². The van der Waals surface area contributed by atoms with Crippen molar-refractivity contribution < 1.29 is 9.90 Å². The summed E-state index contributed by atoms with van der Waals surface area (Å²) in [5.74, 6) is 0.189. The monoisotopic (exact) mass is 318 g/mol. The van der Waals surface area contributed by atoms with Gasteiger partial charge in [0.15, 0.2) is 0 Å². The molecule has 0 aliphatic heterocycles. The van der Waals surface area contributed by atoms with Gasteiger partial charge in [0, 0.05) is 6.42 Å². The molecule has 0 aromatic heterocycles. The predicted octanol–water partition coefficient (Wildman–Crippen LogP) is 4.76. The zero-order chi connectivity index (χ0) is 16.9. The molecule has 1 aromatic rings. The first kappa shape index (κ1) is 19.2. The summed E-state index contributed by atoms with van der Waals surface area (Å²) in [6.07, 6.45) is 10.3. The van der Waals surface area contributed by atoms with Crippen molar-refractivity contribution in [2.45, 2.75) is 71.6 Å². The molecule has 0 saturated carbocycles. The smallest absolute Gasteiger partial charge is 0.240 e. The van der Waals surface area contributed by atoms with Gasteiger partial charge in [-0.3, -0.25) is 4.79 Å². The third-order valence-corrected chi connectivity index (χ3v) is 3.89. The lowest BCUT2D eigenvalue weighted by molar-refractivity contribution is -0.121. The molecule has 4 heteroatoms. The Morgan fingerprint density at radius 1 is 1.00 bits per heavy atom. The summed E-state index contributed by atoms with van der Waals surface area (Å²) in [6, 6.07) is 6.77. The maximum atomic E-state index is 11.7. The first-order valence-electron chi connectivity index (χ1n) is 8.76. The van der Waals surface area contributed by atoms with Gasteiger partial charge in [0.25, 0.3) is 0 Å². The number of hydrazone groups is 1. The lowest BCUT2D eigenvalue weighted by Gasteiger charge is -2.04. The molecular formula is C19H30N2O2. The van der Waals surface area contributed by atoms with E-state index in [9.17, 15) is 9.90 Å². The zero-order valence-corrected chi connectivity index (χ0v) is 14.5. The normalized spacial score (nSPS) is 11.5. The minimum Gasteiger partial charge on any atom is -0.508 e. The fourth-order valence-corrected chi connectivity index (χ4v) is 2.39. The fraction of sp³-hybridized carbons (Fsp3) is 0.579. The lowest BCUT2D eigenvalue weighted by atomic mass is 10.1. The minimum atomic E-state index is -0.0332. The second-order valence-corrected chi connectivity index (χ2v) is 6.00. The van der Waals surface area contributed by atoms with E-state index in [1.165, 1.54) is 38.5 Å². The standard InChI is InChI=1S/C19H30N2O2/c1-3-4-5-6-7-8-9-10-11-19(23)21-20-16(2)17-12-14-18(22)15-13-17/h12-15,22H,3-11H2,1-2H3,(H,21,23). The van der Waals surface area contributed by atoms with Gasteiger partial charge in [-0.1, -0.05) is 51.9 Å². The number of phenolic OH excluding ortho intramolecular Hbond substituents is 1. The van der Waals surface area contributed by atoms with E-state index in [4.69, 9.17) is 0 Å². The Balaban J connectivity index is 2.14. The van der Waals surface area contributed by atoms with Crippen molar-refractivity contribution in [3.63, 3.8) is 0 Å². The van der Waals surface area contributed by atoms with E-state index < -0.39 is 0 Å². The van der Waals surface area contributed by atoms with Crippen molar-refractivity contribution in [2.75, 3.05) is 0 Å². The number of nitrogens with zero attached hydrogens (tertiary/aromatic N) is 1. The Labute approximate surface area is 140 Å². The molecule has 1 rings (SSSR count). The van der Waals surface area contributed by atoms with Crippen molar-refractivity contribution in [1.82, 2.24) is 5.43 Å². The van der Waals surface area contributed by atoms with Gasteiger partial charge >= 0.3 is 0 Å². The van der Waals surface area contributed by atoms with Crippen LogP contribution < -0.4 is 5.43 Å². The highest BCUT2D eigenvalue weighted by atomic mass is 16.3. The van der Waals surface area contributed by atoms with Gasteiger partial charge in [0.1, 0.15) is 5.75 Å². The highest BCUT2D eigenvalue weighted by molar-refractivity contribution is 5.99. The third kappa shape index (κ3) is 9.01. The molecule has 4 nitrogen and oxygen atoms in total. The summed E-state index contributed by atoms with van der Waals surface area (Å²) in [6.45, 7) is 4.06. The third-order valence-electron chi connectivity index (χ3n) is 3.89. The molecule has 128 valence electrons. The van der Waals surface area contributed by atoms with Crippen molar-refractivity contribution in [2.24, 2.45) is 5.10 Å². The van der Waals surface area contributed by atoms with Crippen molar-refractivity contribution in [1.29, 1.82) is 0 Å². The van der Waals surface area contributed by atoms with Crippen LogP contribution in [0.3, 0.4) is 0 Å². The molecule has 0 heterocycles. The molecular weight excluding hydrogens is 288 g/mol. The number of benzene rings is 1. The molecule has 0 unspecified atom stereocenters. The van der Waals surface area contributed by atoms with E-state index in [0.29, 0.717) is 6.42 Å². The highest BCUT2D eigenvalue weighted by Gasteiger charge is 2.02. The summed E-state index contributed by atoms with van der Waals surface area (Å²) in [4.78, 5) is 11.7. The molecule has 0 aliphatic carbocycles. The number of rotatable bonds is 11. The molecule has 0 fully saturated rings. The maximum Gasteiger partial charge on any atom is 0.240 e. The van der Waals surface area contributed by atoms with E-state index in [-0.39, 0.29) is 11.7 Å². The van der Waals surface area contributed by atoms with Gasteiger partial charge in [-0.05, 0) is 43.2 Å². The molecule has 0 aliphatic rings. The fourth-order valence-electron chi connectivity index (χ4n) is 2.39. The van der Waals surface area contributed by atoms with Gasteiger partial charge < -0.3 is 5.11 Å². The van der Waals surface area contributed by atoms with Gasteiger partial charge in [-0.2, -0.15) is 5.10 Å². The van der Waals surface area contributed by atoms with E-state index in [1.54, 1.807) is 24.3 Å². The second kappa shape index (κ2) is 11.7. The number of phenols is 1. The lowest BCUT2D eigenvalue weighted by Crippen LogP contribution is -2.18. The second-order valence-electron chi connectivity index (χ2n) is 6.00. The molecule has 1 amide bonds. The molecule has 2 N–H and O–H groups in total. The molecule has 23 heavy (non-hydrogen) atoms. The maximum absolute atomic E-state index is 11.7. The van der Waals surface area contributed by atoms with Gasteiger partial charge in [-0.25, -0.2) is 5.43 Å². The largest absolute Gasteiger partial charge is 0.508 e.